The lowest BCUT2D eigenvalue weighted by Crippen LogP contribution is -1.73. The summed E-state index contributed by atoms with van der Waals surface area (Å²) in [5, 5.41) is 11.1. The van der Waals surface area contributed by atoms with E-state index in [0.29, 0.717) is 5.69 Å². The van der Waals surface area contributed by atoms with Gasteiger partial charge in [0.1, 0.15) is 11.8 Å². The van der Waals surface area contributed by atoms with Crippen LogP contribution in [0.4, 0.5) is 0 Å². The normalized spacial score (nSPS) is 10.8. The number of H-pyrrole nitrogens is 2. The molecule has 2 heterocycles. The molecule has 0 radical (unpaired) electrons. The highest BCUT2D eigenvalue weighted by molar-refractivity contribution is 6.08. The van der Waals surface area contributed by atoms with Crippen molar-refractivity contribution in [1.82, 2.24) is 9.97 Å². The zero-order chi connectivity index (χ0) is 9.54. The van der Waals surface area contributed by atoms with Gasteiger partial charge in [-0.1, -0.05) is 18.2 Å². The number of rotatable bonds is 0. The van der Waals surface area contributed by atoms with Gasteiger partial charge in [0.25, 0.3) is 0 Å². The summed E-state index contributed by atoms with van der Waals surface area (Å²) in [5.74, 6) is 0. The molecule has 14 heavy (non-hydrogen) atoms. The largest absolute Gasteiger partial charge is 0.352 e. The van der Waals surface area contributed by atoms with Crippen molar-refractivity contribution in [1.29, 1.82) is 5.26 Å². The highest BCUT2D eigenvalue weighted by atomic mass is 14.8. The van der Waals surface area contributed by atoms with E-state index >= 15 is 0 Å². The number of nitrogens with zero attached hydrogens (tertiary/aromatic N) is 1. The molecule has 0 unspecified atom stereocenters. The van der Waals surface area contributed by atoms with Crippen LogP contribution in [0.1, 0.15) is 5.69 Å². The number of hydrogen-bond acceptors (Lipinski definition) is 1. The van der Waals surface area contributed by atoms with E-state index in [9.17, 15) is 0 Å². The lowest BCUT2D eigenvalue weighted by atomic mass is 10.2. The molecule has 0 spiro atoms. The second kappa shape index (κ2) is 2.39. The first-order chi connectivity index (χ1) is 6.90. The van der Waals surface area contributed by atoms with E-state index in [1.54, 1.807) is 0 Å². The molecule has 1 aromatic carbocycles. The highest BCUT2D eigenvalue weighted by Crippen LogP contribution is 2.26. The minimum absolute atomic E-state index is 0.594. The molecule has 2 aromatic heterocycles. The van der Waals surface area contributed by atoms with Crippen molar-refractivity contribution >= 4 is 21.8 Å². The van der Waals surface area contributed by atoms with Crippen LogP contribution in [0, 0.1) is 11.3 Å². The predicted molar refractivity (Wildman–Crippen MR) is 54.9 cm³/mol. The fourth-order valence-corrected chi connectivity index (χ4v) is 1.82. The first kappa shape index (κ1) is 7.22. The number of aromatic nitrogens is 2. The maximum absolute atomic E-state index is 8.85. The molecule has 3 aromatic rings. The third kappa shape index (κ3) is 0.748. The maximum Gasteiger partial charge on any atom is 0.142 e. The number of aromatic amines is 2. The maximum atomic E-state index is 8.85. The first-order valence-electron chi connectivity index (χ1n) is 4.38. The number of nitriles is 1. The van der Waals surface area contributed by atoms with Crippen LogP contribution in [-0.2, 0) is 0 Å². The average Bonchev–Trinajstić information content (AvgIpc) is 2.75. The summed E-state index contributed by atoms with van der Waals surface area (Å²) in [6.45, 7) is 0. The summed E-state index contributed by atoms with van der Waals surface area (Å²) >= 11 is 0. The van der Waals surface area contributed by atoms with Crippen LogP contribution >= 0.6 is 0 Å². The standard InChI is InChI=1S/C11H7N3/c12-5-10-11-8(6-13-10)7-3-1-2-4-9(7)14-11/h1-4,6,13-14H. The van der Waals surface area contributed by atoms with Crippen molar-refractivity contribution < 1.29 is 0 Å². The molecule has 0 saturated heterocycles. The second-order valence-corrected chi connectivity index (χ2v) is 3.23. The minimum atomic E-state index is 0.594. The number of fused-ring (bicyclic) bond motifs is 3. The van der Waals surface area contributed by atoms with Gasteiger partial charge in [-0.05, 0) is 6.07 Å². The molecule has 0 bridgehead atoms. The minimum Gasteiger partial charge on any atom is -0.352 e. The molecule has 0 aliphatic carbocycles. The monoisotopic (exact) mass is 181 g/mol. The van der Waals surface area contributed by atoms with Crippen molar-refractivity contribution in [3.8, 4) is 6.07 Å². The third-order valence-corrected chi connectivity index (χ3v) is 2.47. The van der Waals surface area contributed by atoms with Crippen molar-refractivity contribution in [2.45, 2.75) is 0 Å². The van der Waals surface area contributed by atoms with Gasteiger partial charge in [0.15, 0.2) is 0 Å². The lowest BCUT2D eigenvalue weighted by Gasteiger charge is -1.86. The number of nitrogens with one attached hydrogen (secondary N) is 2. The van der Waals surface area contributed by atoms with Gasteiger partial charge in [-0.3, -0.25) is 0 Å². The predicted octanol–water partition coefficient (Wildman–Crippen LogP) is 2.52. The highest BCUT2D eigenvalue weighted by Gasteiger charge is 2.08. The topological polar surface area (TPSA) is 55.4 Å². The van der Waals surface area contributed by atoms with Crippen LogP contribution in [-0.4, -0.2) is 9.97 Å². The van der Waals surface area contributed by atoms with Crippen molar-refractivity contribution in [2.75, 3.05) is 0 Å². The quantitative estimate of drug-likeness (QED) is 0.550. The SMILES string of the molecule is N#Cc1[nH]cc2c1[nH]c1ccccc12. The zero-order valence-electron chi connectivity index (χ0n) is 7.33. The molecule has 3 nitrogen and oxygen atoms in total. The van der Waals surface area contributed by atoms with Crippen molar-refractivity contribution in [3.05, 3.63) is 36.2 Å². The van der Waals surface area contributed by atoms with Crippen LogP contribution in [0.3, 0.4) is 0 Å². The van der Waals surface area contributed by atoms with E-state index < -0.39 is 0 Å². The molecule has 3 heteroatoms. The summed E-state index contributed by atoms with van der Waals surface area (Å²) in [6.07, 6.45) is 1.87. The number of para-hydroxylation sites is 1. The van der Waals surface area contributed by atoms with Crippen molar-refractivity contribution in [3.63, 3.8) is 0 Å². The van der Waals surface area contributed by atoms with Gasteiger partial charge in [-0.25, -0.2) is 0 Å². The summed E-state index contributed by atoms with van der Waals surface area (Å²) in [4.78, 5) is 6.17. The Balaban J connectivity index is 2.59. The third-order valence-electron chi connectivity index (χ3n) is 2.47. The van der Waals surface area contributed by atoms with Gasteiger partial charge in [0.2, 0.25) is 0 Å². The smallest absolute Gasteiger partial charge is 0.142 e. The van der Waals surface area contributed by atoms with E-state index in [1.165, 1.54) is 0 Å². The Labute approximate surface area is 80.0 Å². The van der Waals surface area contributed by atoms with Crippen molar-refractivity contribution in [2.24, 2.45) is 0 Å². The Morgan fingerprint density at radius 2 is 2.00 bits per heavy atom. The molecule has 0 aliphatic heterocycles. The van der Waals surface area contributed by atoms with E-state index in [-0.39, 0.29) is 0 Å². The molecule has 0 fully saturated rings. The molecule has 2 N–H and O–H groups in total. The average molecular weight is 181 g/mol. The second-order valence-electron chi connectivity index (χ2n) is 3.23. The molecule has 0 amide bonds. The van der Waals surface area contributed by atoms with Crippen LogP contribution in [0.5, 0.6) is 0 Å². The van der Waals surface area contributed by atoms with E-state index in [0.717, 1.165) is 21.8 Å². The summed E-state index contributed by atoms with van der Waals surface area (Å²) in [6, 6.07) is 10.2. The van der Waals surface area contributed by atoms with E-state index in [2.05, 4.69) is 16.0 Å². The fraction of sp³-hybridized carbons (Fsp3) is 0. The molecule has 0 saturated carbocycles. The lowest BCUT2D eigenvalue weighted by molar-refractivity contribution is 1.33. The zero-order valence-corrected chi connectivity index (χ0v) is 7.33. The van der Waals surface area contributed by atoms with Gasteiger partial charge in [0.05, 0.1) is 5.52 Å². The molecule has 3 rings (SSSR count). The van der Waals surface area contributed by atoms with Gasteiger partial charge in [0, 0.05) is 22.5 Å². The summed E-state index contributed by atoms with van der Waals surface area (Å²) in [7, 11) is 0. The Morgan fingerprint density at radius 1 is 1.14 bits per heavy atom. The molecular formula is C11H7N3. The van der Waals surface area contributed by atoms with Crippen LogP contribution in [0.2, 0.25) is 0 Å². The summed E-state index contributed by atoms with van der Waals surface area (Å²) < 4.78 is 0. The fourth-order valence-electron chi connectivity index (χ4n) is 1.82. The van der Waals surface area contributed by atoms with Gasteiger partial charge in [-0.2, -0.15) is 5.26 Å². The number of benzene rings is 1. The molecular weight excluding hydrogens is 174 g/mol. The Bertz CT molecular complexity index is 652. The Kier molecular flexibility index (Phi) is 1.23. The van der Waals surface area contributed by atoms with Gasteiger partial charge < -0.3 is 9.97 Å². The van der Waals surface area contributed by atoms with E-state index in [1.807, 2.05) is 30.5 Å². The van der Waals surface area contributed by atoms with Gasteiger partial charge >= 0.3 is 0 Å². The van der Waals surface area contributed by atoms with Gasteiger partial charge in [-0.15, -0.1) is 0 Å². The van der Waals surface area contributed by atoms with Crippen LogP contribution in [0.25, 0.3) is 21.8 Å². The molecule has 66 valence electrons. The number of hydrogen-bond donors (Lipinski definition) is 2. The molecule has 0 aliphatic rings. The summed E-state index contributed by atoms with van der Waals surface area (Å²) in [5.41, 5.74) is 2.56. The Hall–Kier alpha value is -2.21. The Morgan fingerprint density at radius 3 is 2.86 bits per heavy atom. The van der Waals surface area contributed by atoms with Crippen LogP contribution in [0.15, 0.2) is 30.5 Å². The van der Waals surface area contributed by atoms with Crippen LogP contribution < -0.4 is 0 Å². The van der Waals surface area contributed by atoms with E-state index in [4.69, 9.17) is 5.26 Å². The first-order valence-corrected chi connectivity index (χ1v) is 4.38. The molecule has 0 atom stereocenters.